The van der Waals surface area contributed by atoms with Crippen molar-refractivity contribution in [2.75, 3.05) is 11.8 Å². The van der Waals surface area contributed by atoms with Crippen molar-refractivity contribution >= 4 is 15.7 Å². The molecular weight excluding hydrogens is 274 g/mol. The Kier molecular flexibility index (Phi) is 4.29. The highest BCUT2D eigenvalue weighted by Gasteiger charge is 2.20. The Labute approximate surface area is 119 Å². The van der Waals surface area contributed by atoms with E-state index in [4.69, 9.17) is 4.74 Å². The lowest BCUT2D eigenvalue weighted by Crippen LogP contribution is -2.14. The molecule has 0 atom stereocenters. The van der Waals surface area contributed by atoms with Gasteiger partial charge in [-0.25, -0.2) is 8.42 Å². The third-order valence-electron chi connectivity index (χ3n) is 2.95. The number of aryl methyl sites for hydroxylation is 1. The number of benzene rings is 2. The summed E-state index contributed by atoms with van der Waals surface area (Å²) >= 11 is 0. The molecule has 0 spiro atoms. The Morgan fingerprint density at radius 2 is 1.80 bits per heavy atom. The van der Waals surface area contributed by atoms with Crippen LogP contribution in [0.15, 0.2) is 53.4 Å². The number of nitrogens with one attached hydrogen (secondary N) is 1. The van der Waals surface area contributed by atoms with Crippen molar-refractivity contribution in [3.8, 4) is 5.75 Å². The summed E-state index contributed by atoms with van der Waals surface area (Å²) in [5, 5.41) is 0. The monoisotopic (exact) mass is 291 g/mol. The van der Waals surface area contributed by atoms with E-state index in [1.807, 2.05) is 19.1 Å². The summed E-state index contributed by atoms with van der Waals surface area (Å²) in [6.45, 7) is 1.98. The minimum absolute atomic E-state index is 0.156. The van der Waals surface area contributed by atoms with E-state index >= 15 is 0 Å². The van der Waals surface area contributed by atoms with Gasteiger partial charge in [-0.3, -0.25) is 4.72 Å². The van der Waals surface area contributed by atoms with E-state index in [0.29, 0.717) is 11.4 Å². The second-order valence-corrected chi connectivity index (χ2v) is 5.96. The zero-order valence-electron chi connectivity index (χ0n) is 11.5. The lowest BCUT2D eigenvalue weighted by Gasteiger charge is -2.12. The second kappa shape index (κ2) is 5.96. The zero-order chi connectivity index (χ0) is 14.6. The minimum Gasteiger partial charge on any atom is -0.495 e. The van der Waals surface area contributed by atoms with Crippen molar-refractivity contribution in [3.05, 3.63) is 54.1 Å². The molecule has 0 aliphatic rings. The summed E-state index contributed by atoms with van der Waals surface area (Å²) in [6.07, 6.45) is 0.762. The van der Waals surface area contributed by atoms with Gasteiger partial charge in [0.05, 0.1) is 7.11 Å². The number of rotatable bonds is 5. The van der Waals surface area contributed by atoms with Gasteiger partial charge in [-0.05, 0) is 36.2 Å². The van der Waals surface area contributed by atoms with Gasteiger partial charge >= 0.3 is 0 Å². The lowest BCUT2D eigenvalue weighted by molar-refractivity contribution is 0.402. The van der Waals surface area contributed by atoms with Crippen LogP contribution in [0.3, 0.4) is 0 Å². The van der Waals surface area contributed by atoms with Gasteiger partial charge in [-0.15, -0.1) is 0 Å². The third kappa shape index (κ3) is 3.11. The highest BCUT2D eigenvalue weighted by atomic mass is 32.2. The predicted molar refractivity (Wildman–Crippen MR) is 79.6 cm³/mol. The molecule has 4 nitrogen and oxygen atoms in total. The summed E-state index contributed by atoms with van der Waals surface area (Å²) in [6, 6.07) is 14.0. The van der Waals surface area contributed by atoms with Crippen LogP contribution in [-0.2, 0) is 16.4 Å². The minimum atomic E-state index is -3.66. The quantitative estimate of drug-likeness (QED) is 0.921. The smallest absolute Gasteiger partial charge is 0.265 e. The van der Waals surface area contributed by atoms with E-state index in [2.05, 4.69) is 4.72 Å². The third-order valence-corrected chi connectivity index (χ3v) is 4.35. The Hall–Kier alpha value is -2.01. The number of ether oxygens (including phenoxy) is 1. The molecular formula is C15H17NO3S. The van der Waals surface area contributed by atoms with Crippen molar-refractivity contribution < 1.29 is 13.2 Å². The van der Waals surface area contributed by atoms with E-state index in [1.165, 1.54) is 7.11 Å². The van der Waals surface area contributed by atoms with E-state index in [1.54, 1.807) is 36.4 Å². The van der Waals surface area contributed by atoms with Gasteiger partial charge < -0.3 is 4.74 Å². The maximum Gasteiger partial charge on any atom is 0.265 e. The van der Waals surface area contributed by atoms with Gasteiger partial charge in [-0.2, -0.15) is 0 Å². The first-order chi connectivity index (χ1) is 9.56. The molecule has 2 aromatic rings. The molecule has 0 unspecified atom stereocenters. The van der Waals surface area contributed by atoms with Crippen molar-refractivity contribution in [1.82, 2.24) is 0 Å². The maximum absolute atomic E-state index is 12.5. The molecule has 2 rings (SSSR count). The molecule has 0 saturated carbocycles. The van der Waals surface area contributed by atoms with Gasteiger partial charge in [0.25, 0.3) is 10.0 Å². The summed E-state index contributed by atoms with van der Waals surface area (Å²) in [5.41, 5.74) is 1.47. The molecule has 0 bridgehead atoms. The van der Waals surface area contributed by atoms with Crippen LogP contribution in [-0.4, -0.2) is 15.5 Å². The molecule has 0 radical (unpaired) electrons. The van der Waals surface area contributed by atoms with Crippen LogP contribution >= 0.6 is 0 Å². The Balaban J connectivity index is 2.43. The van der Waals surface area contributed by atoms with E-state index < -0.39 is 10.0 Å². The Bertz CT molecular complexity index is 682. The number of para-hydroxylation sites is 1. The highest BCUT2D eigenvalue weighted by molar-refractivity contribution is 7.92. The molecule has 0 saturated heterocycles. The topological polar surface area (TPSA) is 55.4 Å². The molecule has 0 heterocycles. The second-order valence-electron chi connectivity index (χ2n) is 4.31. The average Bonchev–Trinajstić information content (AvgIpc) is 2.47. The fraction of sp³-hybridized carbons (Fsp3) is 0.200. The molecule has 0 aromatic heterocycles. The molecule has 20 heavy (non-hydrogen) atoms. The predicted octanol–water partition coefficient (Wildman–Crippen LogP) is 3.06. The van der Waals surface area contributed by atoms with Crippen molar-refractivity contribution in [2.24, 2.45) is 0 Å². The summed E-state index contributed by atoms with van der Waals surface area (Å²) in [7, 11) is -2.20. The van der Waals surface area contributed by atoms with Gasteiger partial charge in [0.1, 0.15) is 10.6 Å². The Morgan fingerprint density at radius 3 is 2.40 bits per heavy atom. The molecule has 1 N–H and O–H groups in total. The summed E-state index contributed by atoms with van der Waals surface area (Å²) in [5.74, 6) is 0.339. The molecule has 2 aromatic carbocycles. The van der Waals surface area contributed by atoms with Crippen LogP contribution in [0.4, 0.5) is 5.69 Å². The Morgan fingerprint density at radius 1 is 1.10 bits per heavy atom. The normalized spacial score (nSPS) is 11.1. The van der Waals surface area contributed by atoms with Crippen LogP contribution in [0, 0.1) is 0 Å². The van der Waals surface area contributed by atoms with Crippen LogP contribution in [0.2, 0.25) is 0 Å². The molecule has 0 aliphatic carbocycles. The van der Waals surface area contributed by atoms with Crippen molar-refractivity contribution in [1.29, 1.82) is 0 Å². The lowest BCUT2D eigenvalue weighted by atomic mass is 10.2. The van der Waals surface area contributed by atoms with Crippen LogP contribution in [0.25, 0.3) is 0 Å². The van der Waals surface area contributed by atoms with Gasteiger partial charge in [-0.1, -0.05) is 31.2 Å². The number of sulfonamides is 1. The fourth-order valence-corrected chi connectivity index (χ4v) is 3.15. The standard InChI is InChI=1S/C15H17NO3S/c1-3-12-9-10-14(19-2)15(11-12)20(17,18)16-13-7-5-4-6-8-13/h4-11,16H,3H2,1-2H3. The van der Waals surface area contributed by atoms with Gasteiger partial charge in [0.15, 0.2) is 0 Å². The van der Waals surface area contributed by atoms with Gasteiger partial charge in [0, 0.05) is 5.69 Å². The number of anilines is 1. The van der Waals surface area contributed by atoms with Crippen LogP contribution < -0.4 is 9.46 Å². The number of hydrogen-bond donors (Lipinski definition) is 1. The van der Waals surface area contributed by atoms with E-state index in [0.717, 1.165) is 12.0 Å². The molecule has 106 valence electrons. The number of hydrogen-bond acceptors (Lipinski definition) is 3. The summed E-state index contributed by atoms with van der Waals surface area (Å²) in [4.78, 5) is 0.156. The van der Waals surface area contributed by atoms with Crippen molar-refractivity contribution in [2.45, 2.75) is 18.2 Å². The maximum atomic E-state index is 12.5. The molecule has 0 aliphatic heterocycles. The first kappa shape index (κ1) is 14.4. The van der Waals surface area contributed by atoms with Crippen molar-refractivity contribution in [3.63, 3.8) is 0 Å². The zero-order valence-corrected chi connectivity index (χ0v) is 12.3. The first-order valence-electron chi connectivity index (χ1n) is 6.31. The molecule has 0 amide bonds. The average molecular weight is 291 g/mol. The first-order valence-corrected chi connectivity index (χ1v) is 7.80. The van der Waals surface area contributed by atoms with E-state index in [9.17, 15) is 8.42 Å². The fourth-order valence-electron chi connectivity index (χ4n) is 1.87. The largest absolute Gasteiger partial charge is 0.495 e. The highest BCUT2D eigenvalue weighted by Crippen LogP contribution is 2.27. The molecule has 0 fully saturated rings. The molecule has 5 heteroatoms. The van der Waals surface area contributed by atoms with Crippen LogP contribution in [0.5, 0.6) is 5.75 Å². The van der Waals surface area contributed by atoms with Gasteiger partial charge in [0.2, 0.25) is 0 Å². The van der Waals surface area contributed by atoms with E-state index in [-0.39, 0.29) is 4.90 Å². The van der Waals surface area contributed by atoms with Crippen LogP contribution in [0.1, 0.15) is 12.5 Å². The summed E-state index contributed by atoms with van der Waals surface area (Å²) < 4.78 is 32.6. The number of methoxy groups -OCH3 is 1. The SMILES string of the molecule is CCc1ccc(OC)c(S(=O)(=O)Nc2ccccc2)c1.